The Kier molecular flexibility index (Phi) is 15.6. The monoisotopic (exact) mass is 753 g/mol. The van der Waals surface area contributed by atoms with E-state index in [1.807, 2.05) is 30.3 Å². The molecule has 2 aromatic carbocycles. The average molecular weight is 754 g/mol. The summed E-state index contributed by atoms with van der Waals surface area (Å²) < 4.78 is 16.3. The summed E-state index contributed by atoms with van der Waals surface area (Å²) in [6.07, 6.45) is -0.417. The molecular formula is C36H47N7O9S. The van der Waals surface area contributed by atoms with Crippen molar-refractivity contribution in [2.75, 3.05) is 30.3 Å². The fourth-order valence-electron chi connectivity index (χ4n) is 4.22. The number of rotatable bonds is 16. The van der Waals surface area contributed by atoms with Crippen LogP contribution >= 0.6 is 11.3 Å². The van der Waals surface area contributed by atoms with Crippen molar-refractivity contribution < 1.29 is 43.0 Å². The molecule has 0 saturated heterocycles. The summed E-state index contributed by atoms with van der Waals surface area (Å²) in [6.45, 7) is 10.8. The molecule has 6 N–H and O–H groups in total. The molecule has 0 aliphatic heterocycles. The highest BCUT2D eigenvalue weighted by Gasteiger charge is 2.29. The van der Waals surface area contributed by atoms with Gasteiger partial charge in [0.1, 0.15) is 28.7 Å². The summed E-state index contributed by atoms with van der Waals surface area (Å²) in [7, 11) is 0. The van der Waals surface area contributed by atoms with Gasteiger partial charge in [0, 0.05) is 24.2 Å². The van der Waals surface area contributed by atoms with Gasteiger partial charge in [-0.1, -0.05) is 30.3 Å². The van der Waals surface area contributed by atoms with Crippen molar-refractivity contribution in [3.05, 3.63) is 71.2 Å². The molecular weight excluding hydrogens is 707 g/mol. The normalized spacial score (nSPS) is 11.7. The summed E-state index contributed by atoms with van der Waals surface area (Å²) in [5, 5.41) is 17.0. The molecule has 0 fully saturated rings. The zero-order valence-electron chi connectivity index (χ0n) is 30.6. The first-order valence-corrected chi connectivity index (χ1v) is 17.7. The topological polar surface area (TPSA) is 215 Å². The second-order valence-electron chi connectivity index (χ2n) is 13.6. The van der Waals surface area contributed by atoms with E-state index in [0.717, 1.165) is 16.9 Å². The molecule has 286 valence electrons. The van der Waals surface area contributed by atoms with Crippen LogP contribution in [0.3, 0.4) is 0 Å². The maximum Gasteiger partial charge on any atom is 0.407 e. The number of hydrogen-bond acceptors (Lipinski definition) is 11. The summed E-state index contributed by atoms with van der Waals surface area (Å²) in [4.78, 5) is 79.4. The number of hydrogen-bond donors (Lipinski definition) is 6. The van der Waals surface area contributed by atoms with Gasteiger partial charge in [-0.05, 0) is 77.8 Å². The molecule has 0 unspecified atom stereocenters. The number of nitrogens with zero attached hydrogens (tertiary/aromatic N) is 1. The number of carbonyl (C=O) groups excluding carboxylic acids is 6. The standard InChI is InChI=1S/C36H47N7O9S/c1-35(2,3)51-31(47)26(19-28(44)40-24-13-15-25(16-14-24)50-18-10-17-37-34(49)52-36(4,5)6)41-29(45)21-38-30(46)27-22-53-33(42-27)43-32(48)39-20-23-11-8-7-9-12-23/h7-9,11-16,22,26H,10,17-21H2,1-6H3,(H,37,49)(H,38,46)(H,40,44)(H,41,45)(H2,39,42,43,48)/t26-/m0/s1. The molecule has 0 radical (unpaired) electrons. The minimum absolute atomic E-state index is 0.0316. The first-order valence-electron chi connectivity index (χ1n) is 16.8. The van der Waals surface area contributed by atoms with Gasteiger partial charge in [0.15, 0.2) is 5.13 Å². The molecule has 16 nitrogen and oxygen atoms in total. The summed E-state index contributed by atoms with van der Waals surface area (Å²) >= 11 is 1.02. The van der Waals surface area contributed by atoms with Crippen LogP contribution in [0.1, 0.15) is 70.4 Å². The lowest BCUT2D eigenvalue weighted by Gasteiger charge is -2.24. The minimum Gasteiger partial charge on any atom is -0.494 e. The van der Waals surface area contributed by atoms with E-state index >= 15 is 0 Å². The van der Waals surface area contributed by atoms with Crippen LogP contribution < -0.4 is 36.6 Å². The zero-order valence-corrected chi connectivity index (χ0v) is 31.4. The van der Waals surface area contributed by atoms with Crippen LogP contribution in [0.15, 0.2) is 60.0 Å². The first-order chi connectivity index (χ1) is 25.0. The molecule has 1 atom stereocenters. The molecule has 1 heterocycles. The van der Waals surface area contributed by atoms with E-state index in [1.54, 1.807) is 65.8 Å². The highest BCUT2D eigenvalue weighted by atomic mass is 32.1. The second-order valence-corrected chi connectivity index (χ2v) is 14.4. The first kappa shape index (κ1) is 41.7. The molecule has 0 aliphatic carbocycles. The number of aromatic nitrogens is 1. The van der Waals surface area contributed by atoms with Crippen molar-refractivity contribution >= 4 is 58.0 Å². The molecule has 0 bridgehead atoms. The highest BCUT2D eigenvalue weighted by molar-refractivity contribution is 7.14. The van der Waals surface area contributed by atoms with Gasteiger partial charge in [0.05, 0.1) is 19.6 Å². The number of amides is 6. The van der Waals surface area contributed by atoms with E-state index in [4.69, 9.17) is 14.2 Å². The van der Waals surface area contributed by atoms with Crippen LogP contribution in [0.4, 0.5) is 20.4 Å². The van der Waals surface area contributed by atoms with Gasteiger partial charge in [0.2, 0.25) is 11.8 Å². The Hall–Kier alpha value is -5.71. The van der Waals surface area contributed by atoms with Crippen molar-refractivity contribution in [1.29, 1.82) is 0 Å². The summed E-state index contributed by atoms with van der Waals surface area (Å²) in [5.41, 5.74) is -0.189. The minimum atomic E-state index is -1.36. The largest absolute Gasteiger partial charge is 0.494 e. The molecule has 1 aromatic heterocycles. The quantitative estimate of drug-likeness (QED) is 0.0899. The van der Waals surface area contributed by atoms with Crippen molar-refractivity contribution in [2.24, 2.45) is 0 Å². The van der Waals surface area contributed by atoms with Gasteiger partial charge in [-0.25, -0.2) is 19.4 Å². The molecule has 53 heavy (non-hydrogen) atoms. The van der Waals surface area contributed by atoms with Gasteiger partial charge < -0.3 is 40.8 Å². The Morgan fingerprint density at radius 1 is 0.792 bits per heavy atom. The number of carbonyl (C=O) groups is 6. The Bertz CT molecular complexity index is 1700. The molecule has 17 heteroatoms. The van der Waals surface area contributed by atoms with E-state index in [1.165, 1.54) is 5.38 Å². The average Bonchev–Trinajstić information content (AvgIpc) is 3.54. The molecule has 6 amide bonds. The third-order valence-electron chi connectivity index (χ3n) is 6.47. The molecule has 3 rings (SSSR count). The Balaban J connectivity index is 1.46. The molecule has 0 spiro atoms. The lowest BCUT2D eigenvalue weighted by molar-refractivity contribution is -0.159. The second kappa shape index (κ2) is 19.8. The molecule has 0 aliphatic rings. The Morgan fingerprint density at radius 3 is 2.13 bits per heavy atom. The van der Waals surface area contributed by atoms with E-state index in [-0.39, 0.29) is 10.8 Å². The van der Waals surface area contributed by atoms with Crippen LogP contribution in [0, 0.1) is 0 Å². The lowest BCUT2D eigenvalue weighted by atomic mass is 10.1. The predicted octanol–water partition coefficient (Wildman–Crippen LogP) is 4.34. The SMILES string of the molecule is CC(C)(C)OC(=O)NCCCOc1ccc(NC(=O)C[C@H](NC(=O)CNC(=O)c2csc(NC(=O)NCc3ccccc3)n2)C(=O)OC(C)(C)C)cc1. The summed E-state index contributed by atoms with van der Waals surface area (Å²) in [6, 6.07) is 14.0. The number of esters is 1. The number of ether oxygens (including phenoxy) is 3. The third kappa shape index (κ3) is 16.9. The van der Waals surface area contributed by atoms with Crippen molar-refractivity contribution in [2.45, 2.75) is 78.2 Å². The van der Waals surface area contributed by atoms with Crippen molar-refractivity contribution in [3.8, 4) is 5.75 Å². The maximum atomic E-state index is 13.0. The maximum absolute atomic E-state index is 13.0. The predicted molar refractivity (Wildman–Crippen MR) is 199 cm³/mol. The Labute approximate surface area is 312 Å². The number of anilines is 2. The third-order valence-corrected chi connectivity index (χ3v) is 7.23. The van der Waals surface area contributed by atoms with Gasteiger partial charge in [-0.3, -0.25) is 19.7 Å². The Morgan fingerprint density at radius 2 is 1.47 bits per heavy atom. The van der Waals surface area contributed by atoms with E-state index in [0.29, 0.717) is 37.6 Å². The number of benzene rings is 2. The van der Waals surface area contributed by atoms with Crippen molar-refractivity contribution in [1.82, 2.24) is 26.3 Å². The summed E-state index contributed by atoms with van der Waals surface area (Å²) in [5.74, 6) is -2.32. The number of alkyl carbamates (subject to hydrolysis) is 1. The fourth-order valence-corrected chi connectivity index (χ4v) is 4.90. The van der Waals surface area contributed by atoms with E-state index in [9.17, 15) is 28.8 Å². The highest BCUT2D eigenvalue weighted by Crippen LogP contribution is 2.18. The smallest absolute Gasteiger partial charge is 0.407 e. The number of thiazole rings is 1. The lowest BCUT2D eigenvalue weighted by Crippen LogP contribution is -2.49. The van der Waals surface area contributed by atoms with E-state index < -0.39 is 66.0 Å². The number of urea groups is 1. The van der Waals surface area contributed by atoms with Crippen LogP contribution in [-0.4, -0.2) is 77.7 Å². The van der Waals surface area contributed by atoms with Gasteiger partial charge in [-0.2, -0.15) is 0 Å². The van der Waals surface area contributed by atoms with Gasteiger partial charge >= 0.3 is 18.1 Å². The van der Waals surface area contributed by atoms with Crippen LogP contribution in [-0.2, 0) is 30.4 Å². The number of nitrogens with one attached hydrogen (secondary N) is 6. The van der Waals surface area contributed by atoms with Crippen LogP contribution in [0.25, 0.3) is 0 Å². The van der Waals surface area contributed by atoms with Gasteiger partial charge in [0.25, 0.3) is 5.91 Å². The van der Waals surface area contributed by atoms with Gasteiger partial charge in [-0.15, -0.1) is 11.3 Å². The van der Waals surface area contributed by atoms with E-state index in [2.05, 4.69) is 36.9 Å². The van der Waals surface area contributed by atoms with Crippen LogP contribution in [0.2, 0.25) is 0 Å². The molecule has 3 aromatic rings. The van der Waals surface area contributed by atoms with Crippen molar-refractivity contribution in [3.63, 3.8) is 0 Å². The fraction of sp³-hybridized carbons (Fsp3) is 0.417. The molecule has 0 saturated carbocycles. The van der Waals surface area contributed by atoms with Crippen LogP contribution in [0.5, 0.6) is 5.75 Å². The zero-order chi connectivity index (χ0) is 39.0.